The Morgan fingerprint density at radius 2 is 0.964 bits per heavy atom. The summed E-state index contributed by atoms with van der Waals surface area (Å²) in [4.78, 5) is 15.8. The lowest BCUT2D eigenvalue weighted by atomic mass is 9.98. The van der Waals surface area contributed by atoms with Crippen LogP contribution in [0.4, 0.5) is 0 Å². The van der Waals surface area contributed by atoms with Gasteiger partial charge in [0, 0.05) is 53.8 Å². The van der Waals surface area contributed by atoms with Crippen molar-refractivity contribution in [2.24, 2.45) is 0 Å². The van der Waals surface area contributed by atoms with Gasteiger partial charge in [0.15, 0.2) is 0 Å². The molecule has 0 aliphatic rings. The van der Waals surface area contributed by atoms with Gasteiger partial charge in [0.05, 0.1) is 28.1 Å². The summed E-state index contributed by atoms with van der Waals surface area (Å²) >= 11 is 1.85. The van der Waals surface area contributed by atoms with Gasteiger partial charge in [-0.1, -0.05) is 140 Å². The number of thiophene rings is 1. The molecular weight excluding hydrogens is 701 g/mol. The van der Waals surface area contributed by atoms with Crippen LogP contribution in [0, 0.1) is 0 Å². The molecule has 7 aromatic carbocycles. The van der Waals surface area contributed by atoms with Crippen molar-refractivity contribution >= 4 is 53.3 Å². The summed E-state index contributed by atoms with van der Waals surface area (Å²) in [7, 11) is 0. The Labute approximate surface area is 327 Å². The third-order valence-electron chi connectivity index (χ3n) is 10.7. The van der Waals surface area contributed by atoms with Crippen LogP contribution in [0.1, 0.15) is 0 Å². The van der Waals surface area contributed by atoms with E-state index < -0.39 is 0 Å². The van der Waals surface area contributed by atoms with Crippen LogP contribution >= 0.6 is 11.3 Å². The molecule has 0 aliphatic heterocycles. The zero-order valence-corrected chi connectivity index (χ0v) is 31.0. The second kappa shape index (κ2) is 13.3. The standard InChI is InChI=1S/C51H32N4S/c1-5-15-33(16-6-1)37-24-26-46-42(30-37)48-49(55(46)51-53-44(35-19-9-3-10-20-35)32-45(54-51)36-21-11-4-12-22-36)41(43-23-13-14-28-52-43)31-40-39-29-38(34-17-7-2-8-18-34)25-27-47(39)56-50(40)48/h1-32H. The molecule has 262 valence electrons. The molecule has 0 spiro atoms. The summed E-state index contributed by atoms with van der Waals surface area (Å²) in [6.07, 6.45) is 1.88. The van der Waals surface area contributed by atoms with Crippen molar-refractivity contribution in [2.45, 2.75) is 0 Å². The van der Waals surface area contributed by atoms with Gasteiger partial charge in [-0.15, -0.1) is 11.3 Å². The van der Waals surface area contributed by atoms with E-state index in [1.807, 2.05) is 35.7 Å². The first kappa shape index (κ1) is 32.2. The minimum atomic E-state index is 0.613. The van der Waals surface area contributed by atoms with Crippen LogP contribution in [0.15, 0.2) is 194 Å². The van der Waals surface area contributed by atoms with Gasteiger partial charge < -0.3 is 0 Å². The van der Waals surface area contributed by atoms with Crippen molar-refractivity contribution in [3.8, 4) is 62.0 Å². The summed E-state index contributed by atoms with van der Waals surface area (Å²) in [5, 5.41) is 4.77. The first-order chi connectivity index (χ1) is 27.8. The minimum Gasteiger partial charge on any atom is -0.277 e. The van der Waals surface area contributed by atoms with E-state index in [9.17, 15) is 0 Å². The Balaban J connectivity index is 1.30. The second-order valence-electron chi connectivity index (χ2n) is 14.0. The smallest absolute Gasteiger partial charge is 0.235 e. The Bertz CT molecular complexity index is 3150. The highest BCUT2D eigenvalue weighted by Gasteiger charge is 2.25. The predicted octanol–water partition coefficient (Wildman–Crippen LogP) is 13.7. The summed E-state index contributed by atoms with van der Waals surface area (Å²) in [6, 6.07) is 66.3. The molecule has 0 saturated carbocycles. The van der Waals surface area contributed by atoms with Crippen LogP contribution in [0.5, 0.6) is 0 Å². The van der Waals surface area contributed by atoms with Gasteiger partial charge in [0.1, 0.15) is 0 Å². The van der Waals surface area contributed by atoms with Crippen molar-refractivity contribution in [3.63, 3.8) is 0 Å². The molecular formula is C51H32N4S. The molecule has 0 aliphatic carbocycles. The van der Waals surface area contributed by atoms with Gasteiger partial charge in [-0.2, -0.15) is 0 Å². The van der Waals surface area contributed by atoms with Gasteiger partial charge in [-0.05, 0) is 70.8 Å². The van der Waals surface area contributed by atoms with Crippen molar-refractivity contribution in [2.75, 3.05) is 0 Å². The van der Waals surface area contributed by atoms with Gasteiger partial charge in [-0.3, -0.25) is 9.55 Å². The highest BCUT2D eigenvalue weighted by atomic mass is 32.1. The molecule has 56 heavy (non-hydrogen) atoms. The van der Waals surface area contributed by atoms with E-state index in [1.165, 1.54) is 42.2 Å². The van der Waals surface area contributed by atoms with E-state index in [0.717, 1.165) is 55.8 Å². The Hall–Kier alpha value is -7.21. The van der Waals surface area contributed by atoms with Crippen LogP contribution in [-0.4, -0.2) is 19.5 Å². The fourth-order valence-electron chi connectivity index (χ4n) is 8.03. The molecule has 4 heterocycles. The fourth-order valence-corrected chi connectivity index (χ4v) is 9.25. The van der Waals surface area contributed by atoms with Crippen LogP contribution in [0.2, 0.25) is 0 Å². The number of hydrogen-bond donors (Lipinski definition) is 0. The topological polar surface area (TPSA) is 43.6 Å². The minimum absolute atomic E-state index is 0.613. The van der Waals surface area contributed by atoms with Crippen LogP contribution in [-0.2, 0) is 0 Å². The number of pyridine rings is 1. The average Bonchev–Trinajstić information content (AvgIpc) is 3.82. The molecule has 0 fully saturated rings. The summed E-state index contributed by atoms with van der Waals surface area (Å²) in [5.74, 6) is 0.613. The van der Waals surface area contributed by atoms with Crippen molar-refractivity contribution in [1.29, 1.82) is 0 Å². The quantitative estimate of drug-likeness (QED) is 0.171. The highest BCUT2D eigenvalue weighted by Crippen LogP contribution is 2.48. The maximum Gasteiger partial charge on any atom is 0.235 e. The summed E-state index contributed by atoms with van der Waals surface area (Å²) in [5.41, 5.74) is 12.5. The third kappa shape index (κ3) is 5.40. The molecule has 0 bridgehead atoms. The molecule has 11 aromatic rings. The molecule has 5 heteroatoms. The van der Waals surface area contributed by atoms with Crippen LogP contribution in [0.25, 0.3) is 104 Å². The molecule has 0 amide bonds. The van der Waals surface area contributed by atoms with E-state index in [1.54, 1.807) is 0 Å². The molecule has 0 N–H and O–H groups in total. The van der Waals surface area contributed by atoms with E-state index in [-0.39, 0.29) is 0 Å². The highest BCUT2D eigenvalue weighted by molar-refractivity contribution is 7.26. The maximum atomic E-state index is 5.39. The first-order valence-corrected chi connectivity index (χ1v) is 19.6. The number of rotatable bonds is 6. The van der Waals surface area contributed by atoms with Gasteiger partial charge in [0.25, 0.3) is 0 Å². The lowest BCUT2D eigenvalue weighted by Crippen LogP contribution is -2.05. The zero-order chi connectivity index (χ0) is 37.0. The molecule has 0 unspecified atom stereocenters. The lowest BCUT2D eigenvalue weighted by molar-refractivity contribution is 0.996. The Kier molecular flexibility index (Phi) is 7.64. The first-order valence-electron chi connectivity index (χ1n) is 18.8. The fraction of sp³-hybridized carbons (Fsp3) is 0. The largest absolute Gasteiger partial charge is 0.277 e. The Morgan fingerprint density at radius 3 is 1.55 bits per heavy atom. The second-order valence-corrected chi connectivity index (χ2v) is 15.1. The van der Waals surface area contributed by atoms with E-state index >= 15 is 0 Å². The molecule has 0 radical (unpaired) electrons. The summed E-state index contributed by atoms with van der Waals surface area (Å²) in [6.45, 7) is 0. The molecule has 4 aromatic heterocycles. The summed E-state index contributed by atoms with van der Waals surface area (Å²) < 4.78 is 4.76. The third-order valence-corrected chi connectivity index (χ3v) is 11.9. The van der Waals surface area contributed by atoms with E-state index in [4.69, 9.17) is 15.0 Å². The van der Waals surface area contributed by atoms with Gasteiger partial charge in [-0.25, -0.2) is 9.97 Å². The van der Waals surface area contributed by atoms with E-state index in [2.05, 4.69) is 174 Å². The van der Waals surface area contributed by atoms with Gasteiger partial charge >= 0.3 is 0 Å². The molecule has 0 atom stereocenters. The van der Waals surface area contributed by atoms with Gasteiger partial charge in [0.2, 0.25) is 5.95 Å². The number of fused-ring (bicyclic) bond motifs is 7. The molecule has 0 saturated heterocycles. The number of nitrogens with zero attached hydrogens (tertiary/aromatic N) is 4. The average molecular weight is 733 g/mol. The van der Waals surface area contributed by atoms with Crippen LogP contribution in [0.3, 0.4) is 0 Å². The molecule has 11 rings (SSSR count). The van der Waals surface area contributed by atoms with E-state index in [0.29, 0.717) is 5.95 Å². The maximum absolute atomic E-state index is 5.39. The Morgan fingerprint density at radius 1 is 0.411 bits per heavy atom. The lowest BCUT2D eigenvalue weighted by Gasteiger charge is -2.14. The normalized spacial score (nSPS) is 11.6. The SMILES string of the molecule is c1ccc(-c2ccc3sc4c(cc(-c5ccccn5)c5c4c4cc(-c6ccccc6)ccc4n5-c4nc(-c5ccccc5)cc(-c5ccccc5)n4)c3c2)cc1. The zero-order valence-electron chi connectivity index (χ0n) is 30.2. The number of aromatic nitrogens is 4. The predicted molar refractivity (Wildman–Crippen MR) is 234 cm³/mol. The monoisotopic (exact) mass is 732 g/mol. The van der Waals surface area contributed by atoms with Crippen molar-refractivity contribution in [1.82, 2.24) is 19.5 Å². The van der Waals surface area contributed by atoms with Crippen molar-refractivity contribution in [3.05, 3.63) is 194 Å². The molecule has 4 nitrogen and oxygen atoms in total. The van der Waals surface area contributed by atoms with Crippen molar-refractivity contribution < 1.29 is 0 Å². The number of hydrogen-bond acceptors (Lipinski definition) is 4. The number of benzene rings is 7. The van der Waals surface area contributed by atoms with Crippen LogP contribution < -0.4 is 0 Å².